The fraction of sp³-hybridized carbons (Fsp3) is 0.316. The van der Waals surface area contributed by atoms with E-state index in [1.54, 1.807) is 12.1 Å². The molecule has 2 rings (SSSR count). The van der Waals surface area contributed by atoms with Crippen molar-refractivity contribution in [1.82, 2.24) is 0 Å². The van der Waals surface area contributed by atoms with E-state index in [-0.39, 0.29) is 28.9 Å². The summed E-state index contributed by atoms with van der Waals surface area (Å²) in [4.78, 5) is 4.49. The number of halogens is 1. The number of hydrogen-bond acceptors (Lipinski definition) is 4. The Kier molecular flexibility index (Phi) is 9.04. The first kappa shape index (κ1) is 23.2. The number of rotatable bonds is 7. The van der Waals surface area contributed by atoms with Crippen LogP contribution in [-0.4, -0.2) is 33.8 Å². The Labute approximate surface area is 178 Å². The lowest BCUT2D eigenvalue weighted by molar-refractivity contribution is 0.328. The number of ether oxygens (including phenoxy) is 1. The summed E-state index contributed by atoms with van der Waals surface area (Å²) in [5.74, 6) is 1.35. The number of anilines is 1. The number of sulfone groups is 1. The second-order valence-corrected chi connectivity index (χ2v) is 8.28. The van der Waals surface area contributed by atoms with Crippen molar-refractivity contribution in [3.63, 3.8) is 0 Å². The maximum Gasteiger partial charge on any atom is 0.193 e. The molecule has 2 aromatic carbocycles. The summed E-state index contributed by atoms with van der Waals surface area (Å²) in [7, 11) is -3.20. The molecule has 0 aliphatic carbocycles. The first-order valence-corrected chi connectivity index (χ1v) is 10.2. The van der Waals surface area contributed by atoms with Gasteiger partial charge in [-0.3, -0.25) is 0 Å². The number of nitrogens with one attached hydrogen (secondary N) is 1. The van der Waals surface area contributed by atoms with E-state index in [2.05, 4.69) is 30.2 Å². The molecule has 0 spiro atoms. The van der Waals surface area contributed by atoms with Crippen molar-refractivity contribution < 1.29 is 13.2 Å². The maximum absolute atomic E-state index is 11.4. The van der Waals surface area contributed by atoms with E-state index >= 15 is 0 Å². The summed E-state index contributed by atoms with van der Waals surface area (Å²) >= 11 is 0. The molecule has 0 radical (unpaired) electrons. The first-order chi connectivity index (χ1) is 12.3. The van der Waals surface area contributed by atoms with Crippen molar-refractivity contribution in [2.75, 3.05) is 24.7 Å². The van der Waals surface area contributed by atoms with Crippen LogP contribution in [0.4, 0.5) is 5.69 Å². The number of hydrogen-bond donors (Lipinski definition) is 2. The summed E-state index contributed by atoms with van der Waals surface area (Å²) in [5, 5.41) is 3.07. The van der Waals surface area contributed by atoms with Crippen molar-refractivity contribution in [2.45, 2.75) is 24.7 Å². The van der Waals surface area contributed by atoms with Gasteiger partial charge in [0.05, 0.1) is 11.4 Å². The van der Waals surface area contributed by atoms with Crippen molar-refractivity contribution in [2.24, 2.45) is 10.7 Å². The van der Waals surface area contributed by atoms with Gasteiger partial charge < -0.3 is 15.8 Å². The predicted octanol–water partition coefficient (Wildman–Crippen LogP) is 3.64. The molecule has 2 aromatic rings. The average Bonchev–Trinajstić information content (AvgIpc) is 2.58. The Bertz CT molecular complexity index is 866. The second-order valence-electron chi connectivity index (χ2n) is 6.26. The van der Waals surface area contributed by atoms with Crippen molar-refractivity contribution in [3.8, 4) is 5.75 Å². The van der Waals surface area contributed by atoms with Gasteiger partial charge in [0.25, 0.3) is 0 Å². The highest BCUT2D eigenvalue weighted by atomic mass is 127. The van der Waals surface area contributed by atoms with Crippen LogP contribution in [0.25, 0.3) is 0 Å². The molecule has 0 amide bonds. The highest BCUT2D eigenvalue weighted by molar-refractivity contribution is 14.0. The third kappa shape index (κ3) is 7.76. The molecule has 0 heterocycles. The normalized spacial score (nSPS) is 11.8. The Balaban J connectivity index is 0.00000364. The second kappa shape index (κ2) is 10.5. The minimum absolute atomic E-state index is 0. The predicted molar refractivity (Wildman–Crippen MR) is 121 cm³/mol. The summed E-state index contributed by atoms with van der Waals surface area (Å²) in [6.45, 7) is 5.00. The fourth-order valence-corrected chi connectivity index (χ4v) is 2.91. The van der Waals surface area contributed by atoms with E-state index in [0.29, 0.717) is 30.8 Å². The topological polar surface area (TPSA) is 93.8 Å². The van der Waals surface area contributed by atoms with E-state index in [4.69, 9.17) is 10.5 Å². The molecule has 0 bridgehead atoms. The van der Waals surface area contributed by atoms with Gasteiger partial charge >= 0.3 is 0 Å². The Morgan fingerprint density at radius 2 is 1.85 bits per heavy atom. The van der Waals surface area contributed by atoms with Gasteiger partial charge in [-0.25, -0.2) is 13.4 Å². The van der Waals surface area contributed by atoms with Crippen LogP contribution in [0.2, 0.25) is 0 Å². The lowest BCUT2D eigenvalue weighted by Crippen LogP contribution is -2.23. The van der Waals surface area contributed by atoms with Gasteiger partial charge in [0.1, 0.15) is 12.4 Å². The van der Waals surface area contributed by atoms with E-state index < -0.39 is 9.84 Å². The zero-order chi connectivity index (χ0) is 19.2. The van der Waals surface area contributed by atoms with Gasteiger partial charge in [-0.05, 0) is 47.9 Å². The summed E-state index contributed by atoms with van der Waals surface area (Å²) in [6.07, 6.45) is 1.17. The quantitative estimate of drug-likeness (QED) is 0.261. The smallest absolute Gasteiger partial charge is 0.193 e. The van der Waals surface area contributed by atoms with E-state index in [1.165, 1.54) is 24.0 Å². The molecule has 0 fully saturated rings. The third-order valence-corrected chi connectivity index (χ3v) is 4.85. The van der Waals surface area contributed by atoms with Crippen LogP contribution in [0.1, 0.15) is 25.3 Å². The van der Waals surface area contributed by atoms with Crippen molar-refractivity contribution in [3.05, 3.63) is 54.1 Å². The van der Waals surface area contributed by atoms with Gasteiger partial charge in [-0.1, -0.05) is 26.0 Å². The third-order valence-electron chi connectivity index (χ3n) is 3.72. The zero-order valence-corrected chi connectivity index (χ0v) is 18.8. The first-order valence-electron chi connectivity index (χ1n) is 8.35. The van der Waals surface area contributed by atoms with Gasteiger partial charge in [0.15, 0.2) is 15.8 Å². The molecule has 0 unspecified atom stereocenters. The maximum atomic E-state index is 11.4. The average molecular weight is 503 g/mol. The lowest BCUT2D eigenvalue weighted by atomic mass is 10.0. The molecule has 3 N–H and O–H groups in total. The summed E-state index contributed by atoms with van der Waals surface area (Å²) in [6, 6.07) is 14.3. The highest BCUT2D eigenvalue weighted by Crippen LogP contribution is 2.18. The van der Waals surface area contributed by atoms with Gasteiger partial charge in [-0.2, -0.15) is 0 Å². The van der Waals surface area contributed by atoms with Crippen LogP contribution in [0.3, 0.4) is 0 Å². The number of guanidine groups is 1. The molecule has 0 aromatic heterocycles. The number of aliphatic imine (C=N–C) groups is 1. The number of nitrogens with two attached hydrogens (primary N) is 1. The van der Waals surface area contributed by atoms with Crippen LogP contribution in [0.15, 0.2) is 58.4 Å². The zero-order valence-electron chi connectivity index (χ0n) is 15.7. The number of benzene rings is 2. The Morgan fingerprint density at radius 1 is 1.19 bits per heavy atom. The summed E-state index contributed by atoms with van der Waals surface area (Å²) < 4.78 is 28.4. The number of nitrogens with zero attached hydrogens (tertiary/aromatic N) is 1. The lowest BCUT2D eigenvalue weighted by Gasteiger charge is -2.10. The van der Waals surface area contributed by atoms with Crippen LogP contribution in [-0.2, 0) is 9.84 Å². The molecule has 148 valence electrons. The molecule has 27 heavy (non-hydrogen) atoms. The molecular formula is C19H26IN3O3S. The van der Waals surface area contributed by atoms with Gasteiger partial charge in [0, 0.05) is 11.9 Å². The molecule has 0 saturated heterocycles. The van der Waals surface area contributed by atoms with Crippen LogP contribution in [0, 0.1) is 0 Å². The summed E-state index contributed by atoms with van der Waals surface area (Å²) in [5.41, 5.74) is 8.02. The van der Waals surface area contributed by atoms with Gasteiger partial charge in [-0.15, -0.1) is 24.0 Å². The SMILES string of the molecule is CC(C)c1cccc(NC(N)=NCCOc2ccc(S(C)(=O)=O)cc2)c1.I. The monoisotopic (exact) mass is 503 g/mol. The van der Waals surface area contributed by atoms with Crippen LogP contribution >= 0.6 is 24.0 Å². The van der Waals surface area contributed by atoms with Crippen LogP contribution < -0.4 is 15.8 Å². The fourth-order valence-electron chi connectivity index (χ4n) is 2.28. The van der Waals surface area contributed by atoms with Crippen molar-refractivity contribution >= 4 is 45.5 Å². The van der Waals surface area contributed by atoms with E-state index in [1.807, 2.05) is 18.2 Å². The van der Waals surface area contributed by atoms with E-state index in [0.717, 1.165) is 5.69 Å². The minimum Gasteiger partial charge on any atom is -0.492 e. The molecule has 0 aliphatic rings. The Morgan fingerprint density at radius 3 is 2.44 bits per heavy atom. The van der Waals surface area contributed by atoms with Gasteiger partial charge in [0.2, 0.25) is 0 Å². The molecule has 8 heteroatoms. The molecule has 0 atom stereocenters. The highest BCUT2D eigenvalue weighted by Gasteiger charge is 2.06. The molecular weight excluding hydrogens is 477 g/mol. The standard InChI is InChI=1S/C19H25N3O3S.HI/c1-14(2)15-5-4-6-16(13-15)22-19(20)21-11-12-25-17-7-9-18(10-8-17)26(3,23)24;/h4-10,13-14H,11-12H2,1-3H3,(H3,20,21,22);1H. The van der Waals surface area contributed by atoms with E-state index in [9.17, 15) is 8.42 Å². The Hall–Kier alpha value is -1.81. The largest absolute Gasteiger partial charge is 0.492 e. The molecule has 0 aliphatic heterocycles. The van der Waals surface area contributed by atoms with Crippen LogP contribution in [0.5, 0.6) is 5.75 Å². The van der Waals surface area contributed by atoms with Crippen molar-refractivity contribution in [1.29, 1.82) is 0 Å². The molecule has 6 nitrogen and oxygen atoms in total. The minimum atomic E-state index is -3.20. The molecule has 0 saturated carbocycles.